The maximum Gasteiger partial charge on any atom is 0.349 e. The van der Waals surface area contributed by atoms with Gasteiger partial charge in [-0.3, -0.25) is 0 Å². The van der Waals surface area contributed by atoms with Crippen LogP contribution >= 0.6 is 11.3 Å². The minimum atomic E-state index is -0.369. The zero-order chi connectivity index (χ0) is 12.5. The van der Waals surface area contributed by atoms with Crippen molar-refractivity contribution in [1.82, 2.24) is 4.98 Å². The standard InChI is InChI=1S/C10H16N2O4S/c1-14-5-6-16-4-3-11-10-12-7-8(17-10)9(13)15-2/h7H,3-6H2,1-2H3,(H,11,12). The average molecular weight is 260 g/mol. The number of hydrogen-bond acceptors (Lipinski definition) is 7. The van der Waals surface area contributed by atoms with Gasteiger partial charge in [0.1, 0.15) is 4.88 Å². The van der Waals surface area contributed by atoms with E-state index < -0.39 is 0 Å². The average Bonchev–Trinajstić information content (AvgIpc) is 2.81. The van der Waals surface area contributed by atoms with Crippen molar-refractivity contribution in [3.63, 3.8) is 0 Å². The number of methoxy groups -OCH3 is 2. The van der Waals surface area contributed by atoms with E-state index in [4.69, 9.17) is 9.47 Å². The number of carbonyl (C=O) groups excluding carboxylic acids is 1. The Morgan fingerprint density at radius 1 is 1.41 bits per heavy atom. The summed E-state index contributed by atoms with van der Waals surface area (Å²) >= 11 is 1.26. The number of aromatic nitrogens is 1. The maximum atomic E-state index is 11.2. The van der Waals surface area contributed by atoms with Crippen molar-refractivity contribution < 1.29 is 19.0 Å². The third kappa shape index (κ3) is 5.12. The Labute approximate surface area is 104 Å². The van der Waals surface area contributed by atoms with Crippen molar-refractivity contribution >= 4 is 22.4 Å². The van der Waals surface area contributed by atoms with E-state index in [1.165, 1.54) is 24.6 Å². The van der Waals surface area contributed by atoms with Gasteiger partial charge in [-0.2, -0.15) is 0 Å². The molecule has 1 heterocycles. The number of carbonyl (C=O) groups is 1. The quantitative estimate of drug-likeness (QED) is 0.555. The lowest BCUT2D eigenvalue weighted by molar-refractivity contribution is 0.0606. The Kier molecular flexibility index (Phi) is 6.53. The van der Waals surface area contributed by atoms with Gasteiger partial charge in [0.15, 0.2) is 5.13 Å². The number of esters is 1. The first kappa shape index (κ1) is 13.9. The molecule has 1 N–H and O–H groups in total. The van der Waals surface area contributed by atoms with Crippen LogP contribution < -0.4 is 5.32 Å². The fraction of sp³-hybridized carbons (Fsp3) is 0.600. The summed E-state index contributed by atoms with van der Waals surface area (Å²) in [5.74, 6) is -0.369. The van der Waals surface area contributed by atoms with Gasteiger partial charge in [0, 0.05) is 13.7 Å². The molecule has 7 heteroatoms. The molecule has 96 valence electrons. The van der Waals surface area contributed by atoms with Crippen LogP contribution in [0, 0.1) is 0 Å². The summed E-state index contributed by atoms with van der Waals surface area (Å²) in [6, 6.07) is 0. The van der Waals surface area contributed by atoms with Gasteiger partial charge in [-0.05, 0) is 0 Å². The molecular weight excluding hydrogens is 244 g/mol. The molecule has 1 aromatic heterocycles. The third-order valence-corrected chi connectivity index (χ3v) is 2.78. The molecule has 0 aliphatic heterocycles. The Morgan fingerprint density at radius 2 is 2.24 bits per heavy atom. The van der Waals surface area contributed by atoms with Crippen LogP contribution in [0.15, 0.2) is 6.20 Å². The number of rotatable bonds is 8. The summed E-state index contributed by atoms with van der Waals surface area (Å²) in [4.78, 5) is 15.7. The number of nitrogens with one attached hydrogen (secondary N) is 1. The second kappa shape index (κ2) is 7.99. The summed E-state index contributed by atoms with van der Waals surface area (Å²) < 4.78 is 14.7. The fourth-order valence-electron chi connectivity index (χ4n) is 1.03. The van der Waals surface area contributed by atoms with Crippen molar-refractivity contribution in [3.05, 3.63) is 11.1 Å². The minimum absolute atomic E-state index is 0.369. The van der Waals surface area contributed by atoms with Crippen LogP contribution in [-0.2, 0) is 14.2 Å². The second-order valence-corrected chi connectivity index (χ2v) is 4.08. The molecule has 0 aliphatic rings. The molecule has 0 fully saturated rings. The molecule has 0 spiro atoms. The Bertz CT molecular complexity index is 343. The van der Waals surface area contributed by atoms with Gasteiger partial charge in [-0.1, -0.05) is 11.3 Å². The van der Waals surface area contributed by atoms with Crippen LogP contribution in [0.25, 0.3) is 0 Å². The first-order valence-corrected chi connectivity index (χ1v) is 5.94. The zero-order valence-corrected chi connectivity index (χ0v) is 10.7. The van der Waals surface area contributed by atoms with Gasteiger partial charge in [0.05, 0.1) is 33.1 Å². The molecule has 1 aromatic rings. The molecular formula is C10H16N2O4S. The van der Waals surface area contributed by atoms with Crippen molar-refractivity contribution in [2.75, 3.05) is 45.9 Å². The van der Waals surface area contributed by atoms with Crippen LogP contribution in [0.4, 0.5) is 5.13 Å². The summed E-state index contributed by atoms with van der Waals surface area (Å²) in [5, 5.41) is 3.74. The Hall–Kier alpha value is -1.18. The zero-order valence-electron chi connectivity index (χ0n) is 9.89. The summed E-state index contributed by atoms with van der Waals surface area (Å²) in [6.45, 7) is 2.36. The predicted octanol–water partition coefficient (Wildman–Crippen LogP) is 1.00. The van der Waals surface area contributed by atoms with E-state index in [9.17, 15) is 4.79 Å². The highest BCUT2D eigenvalue weighted by Crippen LogP contribution is 2.18. The molecule has 0 radical (unpaired) electrons. The van der Waals surface area contributed by atoms with E-state index in [0.717, 1.165) is 0 Å². The van der Waals surface area contributed by atoms with E-state index >= 15 is 0 Å². The van der Waals surface area contributed by atoms with E-state index in [0.29, 0.717) is 36.4 Å². The maximum absolute atomic E-state index is 11.2. The van der Waals surface area contributed by atoms with Gasteiger partial charge in [0.2, 0.25) is 0 Å². The lowest BCUT2D eigenvalue weighted by atomic mass is 10.6. The van der Waals surface area contributed by atoms with Crippen molar-refractivity contribution in [1.29, 1.82) is 0 Å². The van der Waals surface area contributed by atoms with Gasteiger partial charge in [-0.15, -0.1) is 0 Å². The molecule has 0 amide bonds. The second-order valence-electron chi connectivity index (χ2n) is 3.05. The lowest BCUT2D eigenvalue weighted by Crippen LogP contribution is -2.11. The molecule has 0 aromatic carbocycles. The molecule has 0 bridgehead atoms. The van der Waals surface area contributed by atoms with Gasteiger partial charge < -0.3 is 19.5 Å². The summed E-state index contributed by atoms with van der Waals surface area (Å²) in [7, 11) is 2.98. The van der Waals surface area contributed by atoms with E-state index in [-0.39, 0.29) is 5.97 Å². The SMILES string of the molecule is COCCOCCNc1ncc(C(=O)OC)s1. The molecule has 0 saturated carbocycles. The number of ether oxygens (including phenoxy) is 3. The lowest BCUT2D eigenvalue weighted by Gasteiger charge is -2.03. The highest BCUT2D eigenvalue weighted by atomic mass is 32.1. The topological polar surface area (TPSA) is 69.7 Å². The van der Waals surface area contributed by atoms with Crippen LogP contribution in [-0.4, -0.2) is 51.5 Å². The molecule has 0 saturated heterocycles. The third-order valence-electron chi connectivity index (χ3n) is 1.85. The van der Waals surface area contributed by atoms with Crippen LogP contribution in [0.1, 0.15) is 9.67 Å². The molecule has 0 atom stereocenters. The Morgan fingerprint density at radius 3 is 2.94 bits per heavy atom. The molecule has 17 heavy (non-hydrogen) atoms. The first-order valence-electron chi connectivity index (χ1n) is 5.12. The van der Waals surface area contributed by atoms with E-state index in [1.54, 1.807) is 7.11 Å². The van der Waals surface area contributed by atoms with Gasteiger partial charge in [-0.25, -0.2) is 9.78 Å². The van der Waals surface area contributed by atoms with Crippen molar-refractivity contribution in [3.8, 4) is 0 Å². The number of thiazole rings is 1. The van der Waals surface area contributed by atoms with Gasteiger partial charge in [0.25, 0.3) is 0 Å². The highest BCUT2D eigenvalue weighted by Gasteiger charge is 2.09. The fourth-order valence-corrected chi connectivity index (χ4v) is 1.79. The molecule has 1 rings (SSSR count). The predicted molar refractivity (Wildman–Crippen MR) is 64.6 cm³/mol. The summed E-state index contributed by atoms with van der Waals surface area (Å²) in [5.41, 5.74) is 0. The van der Waals surface area contributed by atoms with Crippen LogP contribution in [0.5, 0.6) is 0 Å². The monoisotopic (exact) mass is 260 g/mol. The van der Waals surface area contributed by atoms with Crippen molar-refractivity contribution in [2.45, 2.75) is 0 Å². The minimum Gasteiger partial charge on any atom is -0.465 e. The largest absolute Gasteiger partial charge is 0.465 e. The smallest absolute Gasteiger partial charge is 0.349 e. The normalized spacial score (nSPS) is 10.2. The van der Waals surface area contributed by atoms with Crippen molar-refractivity contribution in [2.24, 2.45) is 0 Å². The van der Waals surface area contributed by atoms with E-state index in [2.05, 4.69) is 15.0 Å². The Balaban J connectivity index is 2.19. The summed E-state index contributed by atoms with van der Waals surface area (Å²) in [6.07, 6.45) is 1.49. The molecule has 6 nitrogen and oxygen atoms in total. The van der Waals surface area contributed by atoms with Gasteiger partial charge >= 0.3 is 5.97 Å². The first-order chi connectivity index (χ1) is 8.27. The van der Waals surface area contributed by atoms with Crippen LogP contribution in [0.2, 0.25) is 0 Å². The molecule has 0 aliphatic carbocycles. The van der Waals surface area contributed by atoms with E-state index in [1.807, 2.05) is 0 Å². The number of anilines is 1. The van der Waals surface area contributed by atoms with Crippen LogP contribution in [0.3, 0.4) is 0 Å². The number of nitrogens with zero attached hydrogens (tertiary/aromatic N) is 1. The highest BCUT2D eigenvalue weighted by molar-refractivity contribution is 7.17. The molecule has 0 unspecified atom stereocenters. The number of hydrogen-bond donors (Lipinski definition) is 1.